The Kier molecular flexibility index (Phi) is 22.0. The molecule has 0 aromatic carbocycles. The predicted molar refractivity (Wildman–Crippen MR) is 89.1 cm³/mol. The van der Waals surface area contributed by atoms with Crippen LogP contribution in [0.2, 0.25) is 0 Å². The zero-order valence-electron chi connectivity index (χ0n) is 12.6. The Hall–Kier alpha value is 1.25. The maximum absolute atomic E-state index is 2.29. The van der Waals surface area contributed by atoms with Gasteiger partial charge in [-0.05, 0) is 12.8 Å². The number of unbranched alkanes of at least 4 members (excludes halogenated alkanes) is 9. The molecule has 0 amide bonds. The summed E-state index contributed by atoms with van der Waals surface area (Å²) in [6.45, 7) is 3.62. The molecule has 1 nitrogen and oxygen atoms in total. The second-order valence-electron chi connectivity index (χ2n) is 6.20. The van der Waals surface area contributed by atoms with E-state index < -0.39 is 0 Å². The van der Waals surface area contributed by atoms with Gasteiger partial charge in [0, 0.05) is 0 Å². The van der Waals surface area contributed by atoms with Gasteiger partial charge < -0.3 is 4.48 Å². The van der Waals surface area contributed by atoms with Gasteiger partial charge >= 0.3 is 29.6 Å². The summed E-state index contributed by atoms with van der Waals surface area (Å²) in [4.78, 5) is 0. The van der Waals surface area contributed by atoms with Crippen LogP contribution in [0.1, 0.15) is 71.1 Å². The molecule has 0 aliphatic carbocycles. The van der Waals surface area contributed by atoms with Crippen molar-refractivity contribution in [2.45, 2.75) is 71.1 Å². The number of hydrogen-bond acceptors (Lipinski definition) is 0. The van der Waals surface area contributed by atoms with Crippen LogP contribution in [-0.4, -0.2) is 61.7 Å². The van der Waals surface area contributed by atoms with E-state index in [1.165, 1.54) is 70.8 Å². The zero-order valence-corrected chi connectivity index (χ0v) is 13.5. The van der Waals surface area contributed by atoms with Crippen molar-refractivity contribution in [3.05, 3.63) is 0 Å². The van der Waals surface area contributed by atoms with Crippen molar-refractivity contribution >= 4 is 42.0 Å². The molecule has 3 heteroatoms. The monoisotopic (exact) mass is 288 g/mol. The molecule has 0 saturated heterocycles. The van der Waals surface area contributed by atoms with E-state index in [4.69, 9.17) is 0 Å². The molecule has 0 heterocycles. The summed E-state index contributed by atoms with van der Waals surface area (Å²) in [5.41, 5.74) is 0. The zero-order chi connectivity index (χ0) is 12.3. The number of hydrogen-bond donors (Lipinski definition) is 0. The van der Waals surface area contributed by atoms with Gasteiger partial charge in [0.1, 0.15) is 0 Å². The predicted octanol–water partition coefficient (Wildman–Crippen LogP) is 4.39. The number of halogens is 1. The van der Waals surface area contributed by atoms with Gasteiger partial charge in [-0.15, -0.1) is 12.4 Å². The maximum atomic E-state index is 2.29. The third kappa shape index (κ3) is 22.4. The van der Waals surface area contributed by atoms with Gasteiger partial charge in [-0.2, -0.15) is 0 Å². The summed E-state index contributed by atoms with van der Waals surface area (Å²) < 4.78 is 1.12. The Labute approximate surface area is 144 Å². The van der Waals surface area contributed by atoms with E-state index in [2.05, 4.69) is 28.1 Å². The Morgan fingerprint density at radius 3 is 1.28 bits per heavy atom. The summed E-state index contributed by atoms with van der Waals surface area (Å²) >= 11 is 0. The molecule has 0 saturated carbocycles. The summed E-state index contributed by atoms with van der Waals surface area (Å²) in [6.07, 6.45) is 14.4. The molecule has 0 aromatic heterocycles. The molecule has 0 fully saturated rings. The molecular weight excluding hydrogens is 253 g/mol. The van der Waals surface area contributed by atoms with Crippen LogP contribution in [-0.2, 0) is 0 Å². The number of rotatable bonds is 11. The van der Waals surface area contributed by atoms with Gasteiger partial charge in [-0.1, -0.05) is 58.3 Å². The van der Waals surface area contributed by atoms with E-state index >= 15 is 0 Å². The summed E-state index contributed by atoms with van der Waals surface area (Å²) in [5.74, 6) is 0. The van der Waals surface area contributed by atoms with Crippen LogP contribution in [0.4, 0.5) is 0 Å². The Morgan fingerprint density at radius 1 is 0.611 bits per heavy atom. The normalized spacial score (nSPS) is 10.7. The standard InChI is InChI=1S/C15H34N.ClH.Na.H/c1-5-6-7-8-9-10-11-12-13-14-15-16(2,3)4;;;/h5-15H2,1-4H3;1H;;/q+1;;;. The number of nitrogens with zero attached hydrogens (tertiary/aromatic N) is 1. The van der Waals surface area contributed by atoms with Gasteiger partial charge in [0.25, 0.3) is 0 Å². The van der Waals surface area contributed by atoms with Crippen molar-refractivity contribution < 1.29 is 4.48 Å². The molecule has 0 radical (unpaired) electrons. The number of quaternary nitrogens is 1. The molecule has 0 aliphatic heterocycles. The first-order valence-electron chi connectivity index (χ1n) is 7.36. The van der Waals surface area contributed by atoms with Crippen LogP contribution in [0, 0.1) is 0 Å². The van der Waals surface area contributed by atoms with E-state index in [0.717, 1.165) is 4.48 Å². The first-order chi connectivity index (χ1) is 7.56. The van der Waals surface area contributed by atoms with Gasteiger partial charge in [-0.3, -0.25) is 0 Å². The van der Waals surface area contributed by atoms with E-state index in [0.29, 0.717) is 0 Å². The van der Waals surface area contributed by atoms with Crippen LogP contribution in [0.5, 0.6) is 0 Å². The van der Waals surface area contributed by atoms with Crippen molar-refractivity contribution in [3.8, 4) is 0 Å². The minimum atomic E-state index is 0. The van der Waals surface area contributed by atoms with Crippen LogP contribution in [0.3, 0.4) is 0 Å². The third-order valence-corrected chi connectivity index (χ3v) is 3.18. The minimum absolute atomic E-state index is 0. The molecule has 0 aromatic rings. The van der Waals surface area contributed by atoms with Crippen molar-refractivity contribution in [1.29, 1.82) is 0 Å². The molecule has 0 unspecified atom stereocenters. The second-order valence-corrected chi connectivity index (χ2v) is 6.20. The van der Waals surface area contributed by atoms with Gasteiger partial charge in [0.05, 0.1) is 27.7 Å². The average molecular weight is 289 g/mol. The van der Waals surface area contributed by atoms with E-state index in [-0.39, 0.29) is 42.0 Å². The molecular formula is C15H36ClNNa+. The van der Waals surface area contributed by atoms with Gasteiger partial charge in [0.15, 0.2) is 0 Å². The fraction of sp³-hybridized carbons (Fsp3) is 1.00. The van der Waals surface area contributed by atoms with E-state index in [1.807, 2.05) is 0 Å². The third-order valence-electron chi connectivity index (χ3n) is 3.18. The second kappa shape index (κ2) is 16.3. The Bertz CT molecular complexity index is 146. The van der Waals surface area contributed by atoms with Crippen LogP contribution in [0.15, 0.2) is 0 Å². The molecule has 108 valence electrons. The quantitative estimate of drug-likeness (QED) is 0.301. The van der Waals surface area contributed by atoms with Crippen molar-refractivity contribution in [1.82, 2.24) is 0 Å². The van der Waals surface area contributed by atoms with Crippen LogP contribution < -0.4 is 0 Å². The van der Waals surface area contributed by atoms with Gasteiger partial charge in [0.2, 0.25) is 0 Å². The Balaban J connectivity index is -0.00000112. The van der Waals surface area contributed by atoms with Crippen LogP contribution in [0.25, 0.3) is 0 Å². The first kappa shape index (κ1) is 24.3. The van der Waals surface area contributed by atoms with E-state index in [1.54, 1.807) is 0 Å². The van der Waals surface area contributed by atoms with Crippen molar-refractivity contribution in [2.75, 3.05) is 27.7 Å². The molecule has 0 atom stereocenters. The molecule has 18 heavy (non-hydrogen) atoms. The Morgan fingerprint density at radius 2 is 0.944 bits per heavy atom. The summed E-state index contributed by atoms with van der Waals surface area (Å²) in [6, 6.07) is 0. The molecule has 0 aliphatic rings. The summed E-state index contributed by atoms with van der Waals surface area (Å²) in [7, 11) is 6.86. The SMILES string of the molecule is CCCCCCCCCCCC[N+](C)(C)C.Cl.[NaH]. The molecule has 0 N–H and O–H groups in total. The van der Waals surface area contributed by atoms with Crippen LogP contribution >= 0.6 is 12.4 Å². The van der Waals surface area contributed by atoms with Crippen molar-refractivity contribution in [2.24, 2.45) is 0 Å². The fourth-order valence-electron chi connectivity index (χ4n) is 2.07. The van der Waals surface area contributed by atoms with Gasteiger partial charge in [-0.25, -0.2) is 0 Å². The molecule has 0 bridgehead atoms. The average Bonchev–Trinajstić information content (AvgIpc) is 2.19. The molecule has 0 rings (SSSR count). The summed E-state index contributed by atoms with van der Waals surface area (Å²) in [5, 5.41) is 0. The topological polar surface area (TPSA) is 0 Å². The fourth-order valence-corrected chi connectivity index (χ4v) is 2.07. The first-order valence-corrected chi connectivity index (χ1v) is 7.36. The van der Waals surface area contributed by atoms with Crippen molar-refractivity contribution in [3.63, 3.8) is 0 Å². The van der Waals surface area contributed by atoms with E-state index in [9.17, 15) is 0 Å². The molecule has 0 spiro atoms.